The molecule has 0 aromatic heterocycles. The third-order valence-electron chi connectivity index (χ3n) is 7.28. The average Bonchev–Trinajstić information content (AvgIpc) is 2.94. The van der Waals surface area contributed by atoms with Gasteiger partial charge in [0.05, 0.1) is 11.9 Å². The second-order valence-corrected chi connectivity index (χ2v) is 12.7. The van der Waals surface area contributed by atoms with Crippen LogP contribution in [0.3, 0.4) is 0 Å². The normalized spacial score (nSPS) is 12.8. The molecule has 0 heterocycles. The smallest absolute Gasteiger partial charge is 0.243 e. The lowest BCUT2D eigenvalue weighted by atomic mass is 10.0. The highest BCUT2D eigenvalue weighted by atomic mass is 32.2. The van der Waals surface area contributed by atoms with Crippen LogP contribution in [-0.4, -0.2) is 50.0 Å². The molecule has 3 aromatic rings. The van der Waals surface area contributed by atoms with Gasteiger partial charge in [-0.25, -0.2) is 8.42 Å². The zero-order valence-electron chi connectivity index (χ0n) is 24.8. The molecule has 0 bridgehead atoms. The number of nitrogens with one attached hydrogen (secondary N) is 1. The lowest BCUT2D eigenvalue weighted by Gasteiger charge is -2.33. The van der Waals surface area contributed by atoms with Crippen LogP contribution in [0.2, 0.25) is 0 Å². The van der Waals surface area contributed by atoms with E-state index in [1.54, 1.807) is 17.0 Å². The Hall–Kier alpha value is -3.65. The van der Waals surface area contributed by atoms with Gasteiger partial charge in [0.2, 0.25) is 21.8 Å². The Kier molecular flexibility index (Phi) is 11.5. The van der Waals surface area contributed by atoms with Crippen LogP contribution in [0.15, 0.2) is 78.9 Å². The van der Waals surface area contributed by atoms with Crippen molar-refractivity contribution in [3.05, 3.63) is 101 Å². The Balaban J connectivity index is 1.89. The molecule has 3 rings (SSSR count). The second-order valence-electron chi connectivity index (χ2n) is 10.8. The van der Waals surface area contributed by atoms with Crippen molar-refractivity contribution in [1.82, 2.24) is 10.2 Å². The highest BCUT2D eigenvalue weighted by Crippen LogP contribution is 2.23. The summed E-state index contributed by atoms with van der Waals surface area (Å²) in [6, 6.07) is 24.2. The molecule has 1 N–H and O–H groups in total. The van der Waals surface area contributed by atoms with E-state index in [1.807, 2.05) is 94.4 Å². The molecule has 220 valence electrons. The fourth-order valence-electron chi connectivity index (χ4n) is 4.71. The first-order valence-electron chi connectivity index (χ1n) is 14.2. The van der Waals surface area contributed by atoms with Crippen LogP contribution in [0.5, 0.6) is 0 Å². The lowest BCUT2D eigenvalue weighted by Crippen LogP contribution is -2.52. The van der Waals surface area contributed by atoms with Crippen LogP contribution < -0.4 is 9.62 Å². The summed E-state index contributed by atoms with van der Waals surface area (Å²) in [6.45, 7) is 8.27. The van der Waals surface area contributed by atoms with E-state index >= 15 is 0 Å². The summed E-state index contributed by atoms with van der Waals surface area (Å²) in [5.41, 5.74) is 4.44. The van der Waals surface area contributed by atoms with Crippen molar-refractivity contribution in [2.75, 3.05) is 17.1 Å². The van der Waals surface area contributed by atoms with Crippen molar-refractivity contribution in [2.24, 2.45) is 0 Å². The number of para-hydroxylation sites is 1. The van der Waals surface area contributed by atoms with Gasteiger partial charge in [0.1, 0.15) is 6.04 Å². The first-order valence-corrected chi connectivity index (χ1v) is 16.1. The molecular formula is C33H43N3O4S. The van der Waals surface area contributed by atoms with Crippen LogP contribution >= 0.6 is 0 Å². The van der Waals surface area contributed by atoms with Gasteiger partial charge in [-0.3, -0.25) is 13.9 Å². The third-order valence-corrected chi connectivity index (χ3v) is 8.46. The fourth-order valence-corrected chi connectivity index (χ4v) is 5.73. The molecule has 7 nitrogen and oxygen atoms in total. The van der Waals surface area contributed by atoms with Gasteiger partial charge < -0.3 is 10.2 Å². The Morgan fingerprint density at radius 1 is 0.878 bits per heavy atom. The first kappa shape index (κ1) is 31.9. The SMILES string of the molecule is CC[C@H](C)NC(=O)[C@@H](Cc1ccccc1)N(Cc1ccc(C)cc1)C(=O)CCCN(c1ccccc1C)S(C)(=O)=O. The predicted octanol–water partition coefficient (Wildman–Crippen LogP) is 5.40. The maximum absolute atomic E-state index is 13.9. The van der Waals surface area contributed by atoms with Crippen molar-refractivity contribution in [2.45, 2.75) is 72.0 Å². The third kappa shape index (κ3) is 9.46. The monoisotopic (exact) mass is 577 g/mol. The predicted molar refractivity (Wildman–Crippen MR) is 166 cm³/mol. The van der Waals surface area contributed by atoms with Crippen LogP contribution in [0.25, 0.3) is 0 Å². The van der Waals surface area contributed by atoms with E-state index < -0.39 is 16.1 Å². The second kappa shape index (κ2) is 14.8. The molecule has 0 fully saturated rings. The zero-order chi connectivity index (χ0) is 30.0. The van der Waals surface area contributed by atoms with Gasteiger partial charge in [0, 0.05) is 32.0 Å². The molecule has 0 saturated carbocycles. The Labute approximate surface area is 245 Å². The topological polar surface area (TPSA) is 86.8 Å². The number of sulfonamides is 1. The van der Waals surface area contributed by atoms with E-state index in [4.69, 9.17) is 0 Å². The molecule has 0 radical (unpaired) electrons. The Bertz CT molecular complexity index is 1390. The highest BCUT2D eigenvalue weighted by molar-refractivity contribution is 7.92. The van der Waals surface area contributed by atoms with E-state index in [2.05, 4.69) is 5.32 Å². The van der Waals surface area contributed by atoms with Crippen molar-refractivity contribution >= 4 is 27.5 Å². The van der Waals surface area contributed by atoms with Gasteiger partial charge in [-0.05, 0) is 56.4 Å². The molecule has 0 aliphatic heterocycles. The number of hydrogen-bond acceptors (Lipinski definition) is 4. The van der Waals surface area contributed by atoms with Crippen molar-refractivity contribution in [3.8, 4) is 0 Å². The fraction of sp³-hybridized carbons (Fsp3) is 0.394. The largest absolute Gasteiger partial charge is 0.352 e. The van der Waals surface area contributed by atoms with Gasteiger partial charge in [-0.1, -0.05) is 85.3 Å². The number of amides is 2. The summed E-state index contributed by atoms with van der Waals surface area (Å²) in [4.78, 5) is 29.2. The summed E-state index contributed by atoms with van der Waals surface area (Å²) >= 11 is 0. The van der Waals surface area contributed by atoms with Gasteiger partial charge in [0.25, 0.3) is 0 Å². The van der Waals surface area contributed by atoms with Crippen LogP contribution in [-0.2, 0) is 32.6 Å². The molecule has 41 heavy (non-hydrogen) atoms. The zero-order valence-corrected chi connectivity index (χ0v) is 25.7. The van der Waals surface area contributed by atoms with Crippen LogP contribution in [0, 0.1) is 13.8 Å². The minimum absolute atomic E-state index is 0.0328. The summed E-state index contributed by atoms with van der Waals surface area (Å²) < 4.78 is 26.7. The molecule has 2 atom stereocenters. The lowest BCUT2D eigenvalue weighted by molar-refractivity contribution is -0.141. The summed E-state index contributed by atoms with van der Waals surface area (Å²) in [6.07, 6.45) is 2.75. The van der Waals surface area contributed by atoms with Crippen molar-refractivity contribution in [3.63, 3.8) is 0 Å². The average molecular weight is 578 g/mol. The summed E-state index contributed by atoms with van der Waals surface area (Å²) in [7, 11) is -3.55. The standard InChI is InChI=1S/C33H43N3O4S/c1-6-27(4)34-33(38)31(23-28-14-8-7-9-15-28)35(24-29-20-18-25(2)19-21-29)32(37)17-12-22-36(41(5,39)40)30-16-11-10-13-26(30)3/h7-11,13-16,18-21,27,31H,6,12,17,22-24H2,1-5H3,(H,34,38)/t27-,31+/m0/s1. The Morgan fingerprint density at radius 3 is 2.12 bits per heavy atom. The molecule has 0 aliphatic rings. The van der Waals surface area contributed by atoms with E-state index in [0.717, 1.165) is 28.7 Å². The maximum Gasteiger partial charge on any atom is 0.243 e. The van der Waals surface area contributed by atoms with Crippen LogP contribution in [0.4, 0.5) is 5.69 Å². The minimum Gasteiger partial charge on any atom is -0.352 e. The van der Waals surface area contributed by atoms with E-state index in [-0.39, 0.29) is 37.4 Å². The quantitative estimate of drug-likeness (QED) is 0.278. The summed E-state index contributed by atoms with van der Waals surface area (Å²) in [5, 5.41) is 3.08. The number of aryl methyl sites for hydroxylation is 2. The molecule has 0 unspecified atom stereocenters. The molecule has 2 amide bonds. The molecule has 0 spiro atoms. The first-order chi connectivity index (χ1) is 19.5. The number of rotatable bonds is 14. The van der Waals surface area contributed by atoms with Gasteiger partial charge in [0.15, 0.2) is 0 Å². The number of carbonyl (C=O) groups excluding carboxylic acids is 2. The highest BCUT2D eigenvalue weighted by Gasteiger charge is 2.31. The van der Waals surface area contributed by atoms with Crippen molar-refractivity contribution < 1.29 is 18.0 Å². The molecule has 0 saturated heterocycles. The van der Waals surface area contributed by atoms with Gasteiger partial charge >= 0.3 is 0 Å². The van der Waals surface area contributed by atoms with Crippen LogP contribution in [0.1, 0.15) is 55.4 Å². The number of nitrogens with zero attached hydrogens (tertiary/aromatic N) is 2. The van der Waals surface area contributed by atoms with E-state index in [0.29, 0.717) is 18.5 Å². The van der Waals surface area contributed by atoms with E-state index in [1.165, 1.54) is 10.6 Å². The van der Waals surface area contributed by atoms with Gasteiger partial charge in [-0.15, -0.1) is 0 Å². The number of carbonyl (C=O) groups is 2. The molecule has 8 heteroatoms. The number of benzene rings is 3. The van der Waals surface area contributed by atoms with Gasteiger partial charge in [-0.2, -0.15) is 0 Å². The van der Waals surface area contributed by atoms with Crippen molar-refractivity contribution in [1.29, 1.82) is 0 Å². The van der Waals surface area contributed by atoms with E-state index in [9.17, 15) is 18.0 Å². The maximum atomic E-state index is 13.9. The number of anilines is 1. The number of hydrogen-bond donors (Lipinski definition) is 1. The molecule has 3 aromatic carbocycles. The summed E-state index contributed by atoms with van der Waals surface area (Å²) in [5.74, 6) is -0.384. The minimum atomic E-state index is -3.55. The Morgan fingerprint density at radius 2 is 1.51 bits per heavy atom. The molecular weight excluding hydrogens is 534 g/mol. The molecule has 0 aliphatic carbocycles.